The summed E-state index contributed by atoms with van der Waals surface area (Å²) < 4.78 is 7.47. The van der Waals surface area contributed by atoms with E-state index in [0.29, 0.717) is 6.04 Å². The molecule has 1 heterocycles. The quantitative estimate of drug-likeness (QED) is 0.836. The number of aryl methyl sites for hydroxylation is 1. The highest BCUT2D eigenvalue weighted by atomic mass is 16.6. The Balaban J connectivity index is 1.91. The third-order valence-electron chi connectivity index (χ3n) is 4.18. The summed E-state index contributed by atoms with van der Waals surface area (Å²) >= 11 is 0. The third-order valence-corrected chi connectivity index (χ3v) is 4.18. The van der Waals surface area contributed by atoms with E-state index in [1.54, 1.807) is 0 Å². The van der Waals surface area contributed by atoms with Crippen molar-refractivity contribution in [3.05, 3.63) is 24.0 Å². The predicted octanol–water partition coefficient (Wildman–Crippen LogP) is 3.34. The zero-order valence-corrected chi connectivity index (χ0v) is 14.9. The molecule has 1 aromatic rings. The van der Waals surface area contributed by atoms with E-state index in [2.05, 4.69) is 33.7 Å². The van der Waals surface area contributed by atoms with Crippen molar-refractivity contribution in [3.8, 4) is 0 Å². The normalized spacial score (nSPS) is 22.4. The van der Waals surface area contributed by atoms with Gasteiger partial charge >= 0.3 is 6.09 Å². The molecule has 23 heavy (non-hydrogen) atoms. The Morgan fingerprint density at radius 1 is 1.26 bits per heavy atom. The number of ether oxygens (including phenoxy) is 1. The Morgan fingerprint density at radius 2 is 1.96 bits per heavy atom. The van der Waals surface area contributed by atoms with Gasteiger partial charge in [-0.05, 0) is 45.2 Å². The van der Waals surface area contributed by atoms with Gasteiger partial charge in [-0.3, -0.25) is 0 Å². The second-order valence-electron chi connectivity index (χ2n) is 7.56. The van der Waals surface area contributed by atoms with Crippen LogP contribution in [0.15, 0.2) is 18.5 Å². The highest BCUT2D eigenvalue weighted by Gasteiger charge is 2.27. The van der Waals surface area contributed by atoms with Gasteiger partial charge in [0.15, 0.2) is 0 Å². The smallest absolute Gasteiger partial charge is 0.407 e. The summed E-state index contributed by atoms with van der Waals surface area (Å²) in [7, 11) is 2.03. The molecule has 5 nitrogen and oxygen atoms in total. The van der Waals surface area contributed by atoms with E-state index in [1.165, 1.54) is 18.4 Å². The Morgan fingerprint density at radius 3 is 2.57 bits per heavy atom. The largest absolute Gasteiger partial charge is 0.444 e. The molecule has 2 unspecified atom stereocenters. The van der Waals surface area contributed by atoms with Gasteiger partial charge in [-0.2, -0.15) is 0 Å². The van der Waals surface area contributed by atoms with E-state index in [1.807, 2.05) is 27.8 Å². The molecule has 0 saturated heterocycles. The first-order chi connectivity index (χ1) is 10.8. The summed E-state index contributed by atoms with van der Waals surface area (Å²) in [6, 6.07) is 2.56. The highest BCUT2D eigenvalue weighted by Crippen LogP contribution is 2.19. The van der Waals surface area contributed by atoms with Gasteiger partial charge in [0.05, 0.1) is 0 Å². The van der Waals surface area contributed by atoms with Gasteiger partial charge in [0.2, 0.25) is 0 Å². The molecule has 0 aliphatic heterocycles. The van der Waals surface area contributed by atoms with Gasteiger partial charge in [0, 0.05) is 38.1 Å². The monoisotopic (exact) mass is 321 g/mol. The lowest BCUT2D eigenvalue weighted by Gasteiger charge is -2.28. The summed E-state index contributed by atoms with van der Waals surface area (Å²) in [6.45, 7) is 6.51. The Labute approximate surface area is 139 Å². The molecule has 1 aliphatic rings. The standard InChI is InChI=1S/C18H31N3O2/c1-18(2,3)23-17(22)20-16-9-7-5-6-8-15(16)19-12-14-10-11-21(4)13-14/h10-11,13,15-16,19H,5-9,12H2,1-4H3,(H,20,22). The minimum atomic E-state index is -0.457. The lowest BCUT2D eigenvalue weighted by molar-refractivity contribution is 0.0489. The fraction of sp³-hybridized carbons (Fsp3) is 0.722. The molecule has 0 bridgehead atoms. The number of carbonyl (C=O) groups excluding carboxylic acids is 1. The molecule has 130 valence electrons. The Bertz CT molecular complexity index is 505. The second kappa shape index (κ2) is 7.86. The third kappa shape index (κ3) is 6.26. The first-order valence-electron chi connectivity index (χ1n) is 8.67. The van der Waals surface area contributed by atoms with Crippen LogP contribution < -0.4 is 10.6 Å². The molecule has 2 N–H and O–H groups in total. The van der Waals surface area contributed by atoms with Crippen molar-refractivity contribution in [2.24, 2.45) is 7.05 Å². The number of carbonyl (C=O) groups is 1. The van der Waals surface area contributed by atoms with E-state index in [0.717, 1.165) is 25.8 Å². The minimum Gasteiger partial charge on any atom is -0.444 e. The molecule has 0 aromatic carbocycles. The summed E-state index contributed by atoms with van der Waals surface area (Å²) in [5.41, 5.74) is 0.815. The molecule has 1 aliphatic carbocycles. The van der Waals surface area contributed by atoms with Crippen molar-refractivity contribution in [1.82, 2.24) is 15.2 Å². The Hall–Kier alpha value is -1.49. The molecule has 1 amide bonds. The number of nitrogens with one attached hydrogen (secondary N) is 2. The lowest BCUT2D eigenvalue weighted by Crippen LogP contribution is -2.50. The topological polar surface area (TPSA) is 55.3 Å². The Kier molecular flexibility index (Phi) is 6.10. The fourth-order valence-electron chi connectivity index (χ4n) is 3.10. The molecule has 0 radical (unpaired) electrons. The molecule has 1 fully saturated rings. The summed E-state index contributed by atoms with van der Waals surface area (Å²) in [4.78, 5) is 12.1. The molecule has 0 spiro atoms. The van der Waals surface area contributed by atoms with Crippen LogP contribution in [0.25, 0.3) is 0 Å². The maximum atomic E-state index is 12.1. The molecule has 2 atom stereocenters. The van der Waals surface area contributed by atoms with Crippen molar-refractivity contribution in [3.63, 3.8) is 0 Å². The number of rotatable bonds is 4. The molecular weight excluding hydrogens is 290 g/mol. The second-order valence-corrected chi connectivity index (χ2v) is 7.56. The lowest BCUT2D eigenvalue weighted by atomic mass is 10.0. The van der Waals surface area contributed by atoms with E-state index in [-0.39, 0.29) is 12.1 Å². The number of aromatic nitrogens is 1. The zero-order chi connectivity index (χ0) is 16.9. The van der Waals surface area contributed by atoms with Crippen molar-refractivity contribution in [1.29, 1.82) is 0 Å². The maximum absolute atomic E-state index is 12.1. The van der Waals surface area contributed by atoms with Crippen molar-refractivity contribution in [2.45, 2.75) is 77.1 Å². The highest BCUT2D eigenvalue weighted by molar-refractivity contribution is 5.68. The van der Waals surface area contributed by atoms with Crippen molar-refractivity contribution in [2.75, 3.05) is 0 Å². The van der Waals surface area contributed by atoms with Crippen LogP contribution in [0.2, 0.25) is 0 Å². The van der Waals surface area contributed by atoms with E-state index < -0.39 is 5.60 Å². The summed E-state index contributed by atoms with van der Waals surface area (Å²) in [5.74, 6) is 0. The van der Waals surface area contributed by atoms with Gasteiger partial charge in [0.25, 0.3) is 0 Å². The first kappa shape index (κ1) is 17.9. The number of amides is 1. The van der Waals surface area contributed by atoms with Crippen LogP contribution in [-0.2, 0) is 18.3 Å². The SMILES string of the molecule is Cn1ccc(CNC2CCCCCC2NC(=O)OC(C)(C)C)c1. The number of nitrogens with zero attached hydrogens (tertiary/aromatic N) is 1. The molecule has 1 aromatic heterocycles. The van der Waals surface area contributed by atoms with E-state index in [4.69, 9.17) is 4.74 Å². The molecular formula is C18H31N3O2. The van der Waals surface area contributed by atoms with Gasteiger partial charge in [-0.1, -0.05) is 19.3 Å². The van der Waals surface area contributed by atoms with Crippen LogP contribution in [0.5, 0.6) is 0 Å². The van der Waals surface area contributed by atoms with Gasteiger partial charge in [-0.15, -0.1) is 0 Å². The van der Waals surface area contributed by atoms with Crippen LogP contribution in [0.4, 0.5) is 4.79 Å². The molecule has 1 saturated carbocycles. The molecule has 5 heteroatoms. The fourth-order valence-corrected chi connectivity index (χ4v) is 3.10. The summed E-state index contributed by atoms with van der Waals surface area (Å²) in [5, 5.41) is 6.70. The van der Waals surface area contributed by atoms with Crippen molar-refractivity contribution >= 4 is 6.09 Å². The van der Waals surface area contributed by atoms with Gasteiger partial charge in [-0.25, -0.2) is 4.79 Å². The minimum absolute atomic E-state index is 0.135. The van der Waals surface area contributed by atoms with Crippen LogP contribution in [-0.4, -0.2) is 28.3 Å². The van der Waals surface area contributed by atoms with E-state index in [9.17, 15) is 4.79 Å². The average molecular weight is 321 g/mol. The number of alkyl carbamates (subject to hydrolysis) is 1. The number of hydrogen-bond acceptors (Lipinski definition) is 3. The van der Waals surface area contributed by atoms with Gasteiger partial charge in [0.1, 0.15) is 5.60 Å². The maximum Gasteiger partial charge on any atom is 0.407 e. The average Bonchev–Trinajstić information content (AvgIpc) is 2.72. The van der Waals surface area contributed by atoms with Crippen LogP contribution in [0.1, 0.15) is 58.4 Å². The summed E-state index contributed by atoms with van der Waals surface area (Å²) in [6.07, 6.45) is 9.56. The zero-order valence-electron chi connectivity index (χ0n) is 14.9. The molecule has 2 rings (SSSR count). The van der Waals surface area contributed by atoms with Crippen molar-refractivity contribution < 1.29 is 9.53 Å². The van der Waals surface area contributed by atoms with E-state index >= 15 is 0 Å². The van der Waals surface area contributed by atoms with Crippen LogP contribution >= 0.6 is 0 Å². The number of hydrogen-bond donors (Lipinski definition) is 2. The first-order valence-corrected chi connectivity index (χ1v) is 8.67. The van der Waals surface area contributed by atoms with Crippen LogP contribution in [0, 0.1) is 0 Å². The predicted molar refractivity (Wildman–Crippen MR) is 92.3 cm³/mol. The van der Waals surface area contributed by atoms with Crippen LogP contribution in [0.3, 0.4) is 0 Å². The van der Waals surface area contributed by atoms with Gasteiger partial charge < -0.3 is 19.9 Å².